The van der Waals surface area contributed by atoms with Gasteiger partial charge in [-0.05, 0) is 5.56 Å². The van der Waals surface area contributed by atoms with Gasteiger partial charge in [0, 0.05) is 19.6 Å². The highest BCUT2D eigenvalue weighted by molar-refractivity contribution is 7.91. The summed E-state index contributed by atoms with van der Waals surface area (Å²) in [5.41, 5.74) is 1.18. The van der Waals surface area contributed by atoms with Crippen LogP contribution in [-0.4, -0.2) is 49.9 Å². The van der Waals surface area contributed by atoms with E-state index in [1.165, 1.54) is 5.56 Å². The van der Waals surface area contributed by atoms with Gasteiger partial charge in [-0.15, -0.1) is 0 Å². The van der Waals surface area contributed by atoms with Gasteiger partial charge in [0.2, 0.25) is 5.91 Å². The smallest absolute Gasteiger partial charge is 0.225 e. The molecule has 2 bridgehead atoms. The number of amides is 1. The average molecular weight is 294 g/mol. The van der Waals surface area contributed by atoms with Crippen molar-refractivity contribution in [3.05, 3.63) is 35.9 Å². The summed E-state index contributed by atoms with van der Waals surface area (Å²) in [7, 11) is -3.12. The summed E-state index contributed by atoms with van der Waals surface area (Å²) < 4.78 is 23.8. The third-order valence-electron chi connectivity index (χ3n) is 3.83. The van der Waals surface area contributed by atoms with Crippen molar-refractivity contribution in [3.8, 4) is 0 Å². The molecule has 1 N–H and O–H groups in total. The summed E-state index contributed by atoms with van der Waals surface area (Å²) in [6.07, 6.45) is 0. The Morgan fingerprint density at radius 3 is 2.65 bits per heavy atom. The van der Waals surface area contributed by atoms with Crippen molar-refractivity contribution >= 4 is 15.7 Å². The second-order valence-corrected chi connectivity index (χ2v) is 7.81. The fourth-order valence-electron chi connectivity index (χ4n) is 3.02. The summed E-state index contributed by atoms with van der Waals surface area (Å²) in [6.45, 7) is 1.86. The summed E-state index contributed by atoms with van der Waals surface area (Å²) >= 11 is 0. The van der Waals surface area contributed by atoms with Crippen LogP contribution in [0.25, 0.3) is 0 Å². The zero-order valence-corrected chi connectivity index (χ0v) is 12.0. The van der Waals surface area contributed by atoms with Gasteiger partial charge in [-0.2, -0.15) is 0 Å². The highest BCUT2D eigenvalue weighted by Gasteiger charge is 2.38. The lowest BCUT2D eigenvalue weighted by Crippen LogP contribution is -2.43. The van der Waals surface area contributed by atoms with E-state index in [2.05, 4.69) is 10.2 Å². The number of nitrogens with one attached hydrogen (secondary N) is 1. The molecule has 0 saturated carbocycles. The molecule has 2 fully saturated rings. The van der Waals surface area contributed by atoms with Gasteiger partial charge in [0.25, 0.3) is 0 Å². The molecule has 3 rings (SSSR count). The molecule has 1 aromatic carbocycles. The van der Waals surface area contributed by atoms with Gasteiger partial charge >= 0.3 is 0 Å². The van der Waals surface area contributed by atoms with Crippen LogP contribution in [0.1, 0.15) is 5.56 Å². The number of rotatable bonds is 2. The lowest BCUT2D eigenvalue weighted by atomic mass is 10.1. The monoisotopic (exact) mass is 294 g/mol. The fourth-order valence-corrected chi connectivity index (χ4v) is 4.83. The average Bonchev–Trinajstić information content (AvgIpc) is 2.55. The van der Waals surface area contributed by atoms with Crippen LogP contribution in [-0.2, 0) is 21.2 Å². The summed E-state index contributed by atoms with van der Waals surface area (Å²) in [5.74, 6) is -0.538. The molecule has 1 aromatic rings. The van der Waals surface area contributed by atoms with Gasteiger partial charge in [-0.25, -0.2) is 8.42 Å². The van der Waals surface area contributed by atoms with E-state index in [1.54, 1.807) is 0 Å². The van der Waals surface area contributed by atoms with Gasteiger partial charge in [0.15, 0.2) is 9.84 Å². The minimum absolute atomic E-state index is 0.0272. The van der Waals surface area contributed by atoms with Gasteiger partial charge in [0.1, 0.15) is 0 Å². The molecule has 20 heavy (non-hydrogen) atoms. The summed E-state index contributed by atoms with van der Waals surface area (Å²) in [6, 6.07) is 9.75. The van der Waals surface area contributed by atoms with E-state index in [4.69, 9.17) is 0 Å². The molecule has 2 aliphatic heterocycles. The van der Waals surface area contributed by atoms with Crippen molar-refractivity contribution in [1.29, 1.82) is 0 Å². The largest absolute Gasteiger partial charge is 0.351 e. The summed E-state index contributed by atoms with van der Waals surface area (Å²) in [4.78, 5) is 14.2. The van der Waals surface area contributed by atoms with E-state index in [-0.39, 0.29) is 23.5 Å². The third-order valence-corrected chi connectivity index (χ3v) is 5.65. The first-order valence-corrected chi connectivity index (χ1v) is 8.61. The highest BCUT2D eigenvalue weighted by atomic mass is 32.2. The maximum Gasteiger partial charge on any atom is 0.225 e. The van der Waals surface area contributed by atoms with E-state index in [9.17, 15) is 13.2 Å². The second-order valence-electron chi connectivity index (χ2n) is 5.66. The normalized spacial score (nSPS) is 29.5. The second kappa shape index (κ2) is 5.18. The first-order valence-electron chi connectivity index (χ1n) is 6.79. The minimum Gasteiger partial charge on any atom is -0.351 e. The first-order chi connectivity index (χ1) is 9.52. The number of carbonyl (C=O) groups is 1. The van der Waals surface area contributed by atoms with Crippen molar-refractivity contribution in [2.45, 2.75) is 12.6 Å². The number of hydrogen-bond donors (Lipinski definition) is 1. The molecule has 6 heteroatoms. The van der Waals surface area contributed by atoms with Crippen molar-refractivity contribution in [2.75, 3.05) is 24.6 Å². The predicted molar refractivity (Wildman–Crippen MR) is 75.8 cm³/mol. The van der Waals surface area contributed by atoms with E-state index < -0.39 is 15.8 Å². The van der Waals surface area contributed by atoms with Crippen molar-refractivity contribution in [3.63, 3.8) is 0 Å². The summed E-state index contributed by atoms with van der Waals surface area (Å²) in [5, 5.41) is 2.85. The fraction of sp³-hybridized carbons (Fsp3) is 0.500. The molecule has 108 valence electrons. The number of hydrogen-bond acceptors (Lipinski definition) is 4. The Bertz CT molecular complexity index is 600. The van der Waals surface area contributed by atoms with E-state index in [0.29, 0.717) is 13.1 Å². The minimum atomic E-state index is -3.12. The molecule has 1 amide bonds. The van der Waals surface area contributed by atoms with E-state index >= 15 is 0 Å². The SMILES string of the molecule is O=C1N[C@@H]2CN(Cc3ccccc3)C[C@H]1CS(=O)(=O)C2. The van der Waals surface area contributed by atoms with Crippen LogP contribution in [0.2, 0.25) is 0 Å². The van der Waals surface area contributed by atoms with Gasteiger partial charge in [-0.1, -0.05) is 30.3 Å². The Morgan fingerprint density at radius 2 is 1.90 bits per heavy atom. The van der Waals surface area contributed by atoms with Crippen LogP contribution >= 0.6 is 0 Å². The van der Waals surface area contributed by atoms with Crippen LogP contribution in [0, 0.1) is 5.92 Å². The molecular weight excluding hydrogens is 276 g/mol. The number of carbonyl (C=O) groups excluding carboxylic acids is 1. The van der Waals surface area contributed by atoms with E-state index in [1.807, 2.05) is 30.3 Å². The van der Waals surface area contributed by atoms with Crippen LogP contribution in [0.4, 0.5) is 0 Å². The molecule has 5 nitrogen and oxygen atoms in total. The Balaban J connectivity index is 1.79. The number of fused-ring (bicyclic) bond motifs is 3. The zero-order chi connectivity index (χ0) is 14.2. The number of sulfone groups is 1. The lowest BCUT2D eigenvalue weighted by molar-refractivity contribution is -0.124. The first kappa shape index (κ1) is 13.6. The molecule has 0 aliphatic carbocycles. The molecule has 0 unspecified atom stereocenters. The van der Waals surface area contributed by atoms with Crippen molar-refractivity contribution in [1.82, 2.24) is 10.2 Å². The van der Waals surface area contributed by atoms with Crippen LogP contribution in [0.15, 0.2) is 30.3 Å². The highest BCUT2D eigenvalue weighted by Crippen LogP contribution is 2.19. The van der Waals surface area contributed by atoms with Crippen LogP contribution < -0.4 is 5.32 Å². The van der Waals surface area contributed by atoms with Crippen LogP contribution in [0.5, 0.6) is 0 Å². The molecule has 0 spiro atoms. The molecular formula is C14H18N2O3S. The third kappa shape index (κ3) is 3.02. The van der Waals surface area contributed by atoms with E-state index in [0.717, 1.165) is 6.54 Å². The van der Waals surface area contributed by atoms with Gasteiger partial charge in [0.05, 0.1) is 23.5 Å². The Labute approximate surface area is 118 Å². The van der Waals surface area contributed by atoms with Gasteiger partial charge < -0.3 is 5.32 Å². The zero-order valence-electron chi connectivity index (χ0n) is 11.2. The Morgan fingerprint density at radius 1 is 1.15 bits per heavy atom. The molecule has 2 atom stereocenters. The molecule has 2 heterocycles. The number of nitrogens with zero attached hydrogens (tertiary/aromatic N) is 1. The van der Waals surface area contributed by atoms with Crippen molar-refractivity contribution in [2.24, 2.45) is 5.92 Å². The van der Waals surface area contributed by atoms with Gasteiger partial charge in [-0.3, -0.25) is 9.69 Å². The maximum absolute atomic E-state index is 12.0. The Kier molecular flexibility index (Phi) is 3.52. The number of benzene rings is 1. The molecule has 2 aliphatic rings. The van der Waals surface area contributed by atoms with Crippen molar-refractivity contribution < 1.29 is 13.2 Å². The topological polar surface area (TPSA) is 66.5 Å². The Hall–Kier alpha value is -1.40. The quantitative estimate of drug-likeness (QED) is 0.836. The molecule has 0 radical (unpaired) electrons. The van der Waals surface area contributed by atoms with Crippen LogP contribution in [0.3, 0.4) is 0 Å². The lowest BCUT2D eigenvalue weighted by Gasteiger charge is -2.27. The standard InChI is InChI=1S/C14H18N2O3S/c17-14-12-7-16(6-11-4-2-1-3-5-11)8-13(15-14)10-20(18,19)9-12/h1-5,12-13H,6-10H2,(H,15,17)/t12-,13+/m0/s1. The molecule has 0 aromatic heterocycles. The predicted octanol–water partition coefficient (Wildman–Crippen LogP) is 0.0316. The maximum atomic E-state index is 12.0. The molecule has 2 saturated heterocycles.